The van der Waals surface area contributed by atoms with Crippen LogP contribution in [0, 0.1) is 11.8 Å². The Labute approximate surface area is 145 Å². The molecule has 0 aromatic heterocycles. The third kappa shape index (κ3) is 4.68. The predicted molar refractivity (Wildman–Crippen MR) is 94.5 cm³/mol. The van der Waals surface area contributed by atoms with Crippen LogP contribution in [0.4, 0.5) is 0 Å². The van der Waals surface area contributed by atoms with Gasteiger partial charge in [-0.25, -0.2) is 0 Å². The molecule has 2 bridgehead atoms. The summed E-state index contributed by atoms with van der Waals surface area (Å²) in [5, 5.41) is 19.8. The molecule has 24 heavy (non-hydrogen) atoms. The number of piperidine rings is 1. The molecule has 1 amide bonds. The van der Waals surface area contributed by atoms with Crippen molar-refractivity contribution in [2.24, 2.45) is 11.8 Å². The van der Waals surface area contributed by atoms with Crippen LogP contribution < -0.4 is 0 Å². The van der Waals surface area contributed by atoms with E-state index in [1.54, 1.807) is 20.8 Å². The molecule has 2 N–H and O–H groups in total. The van der Waals surface area contributed by atoms with E-state index in [0.29, 0.717) is 31.3 Å². The Kier molecular flexibility index (Phi) is 5.89. The fourth-order valence-electron chi connectivity index (χ4n) is 3.73. The van der Waals surface area contributed by atoms with Gasteiger partial charge in [0.2, 0.25) is 5.91 Å². The van der Waals surface area contributed by atoms with Crippen molar-refractivity contribution >= 4 is 5.91 Å². The number of hydrogen-bond donors (Lipinski definition) is 2. The summed E-state index contributed by atoms with van der Waals surface area (Å²) >= 11 is 0. The zero-order chi connectivity index (χ0) is 18.1. The van der Waals surface area contributed by atoms with Crippen molar-refractivity contribution in [1.29, 1.82) is 0 Å². The van der Waals surface area contributed by atoms with Crippen LogP contribution in [-0.4, -0.2) is 57.0 Å². The minimum Gasteiger partial charge on any atom is -0.391 e. The number of carbonyl (C=O) groups is 1. The summed E-state index contributed by atoms with van der Waals surface area (Å²) in [5.74, 6) is 1.04. The molecular weight excluding hydrogens is 304 g/mol. The predicted octanol–water partition coefficient (Wildman–Crippen LogP) is 2.60. The molecule has 0 radical (unpaired) electrons. The molecule has 1 saturated heterocycles. The fraction of sp³-hybridized carbons (Fsp3) is 0.737. The van der Waals surface area contributed by atoms with Crippen molar-refractivity contribution in [2.75, 3.05) is 13.1 Å². The highest BCUT2D eigenvalue weighted by Gasteiger charge is 2.45. The van der Waals surface area contributed by atoms with Crippen LogP contribution in [0.2, 0.25) is 0 Å². The van der Waals surface area contributed by atoms with Gasteiger partial charge in [0.15, 0.2) is 0 Å². The third-order valence-electron chi connectivity index (χ3n) is 4.53. The van der Waals surface area contributed by atoms with E-state index in [9.17, 15) is 10.0 Å². The summed E-state index contributed by atoms with van der Waals surface area (Å²) in [7, 11) is 0. The first-order chi connectivity index (χ1) is 11.1. The first-order valence-electron chi connectivity index (χ1n) is 8.93. The molecule has 0 spiro atoms. The number of carbonyl (C=O) groups excluding carboxylic acids is 1. The average molecular weight is 336 g/mol. The lowest BCUT2D eigenvalue weighted by atomic mass is 9.88. The summed E-state index contributed by atoms with van der Waals surface area (Å²) in [6.45, 7) is 10.8. The van der Waals surface area contributed by atoms with Gasteiger partial charge in [-0.3, -0.25) is 4.79 Å². The van der Waals surface area contributed by atoms with E-state index in [0.717, 1.165) is 6.42 Å². The zero-order valence-corrected chi connectivity index (χ0v) is 15.6. The van der Waals surface area contributed by atoms with Crippen LogP contribution in [0.5, 0.6) is 0 Å². The molecule has 5 heteroatoms. The van der Waals surface area contributed by atoms with Crippen molar-refractivity contribution in [1.82, 2.24) is 9.96 Å². The Hall–Kier alpha value is -1.17. The lowest BCUT2D eigenvalue weighted by Crippen LogP contribution is -2.53. The number of nitrogens with zero attached hydrogens (tertiary/aromatic N) is 2. The summed E-state index contributed by atoms with van der Waals surface area (Å²) in [6.07, 6.45) is 7.83. The quantitative estimate of drug-likeness (QED) is 0.772. The van der Waals surface area contributed by atoms with Crippen LogP contribution in [0.1, 0.15) is 47.5 Å². The zero-order valence-electron chi connectivity index (χ0n) is 15.6. The number of hydrogen-bond acceptors (Lipinski definition) is 4. The van der Waals surface area contributed by atoms with Crippen molar-refractivity contribution < 1.29 is 15.1 Å². The van der Waals surface area contributed by atoms with Gasteiger partial charge >= 0.3 is 0 Å². The van der Waals surface area contributed by atoms with Gasteiger partial charge in [0.05, 0.1) is 17.7 Å². The molecule has 0 aromatic carbocycles. The number of rotatable bonds is 1. The first kappa shape index (κ1) is 19.2. The van der Waals surface area contributed by atoms with Gasteiger partial charge < -0.3 is 15.2 Å². The number of amides is 1. The van der Waals surface area contributed by atoms with Crippen LogP contribution in [0.15, 0.2) is 23.8 Å². The summed E-state index contributed by atoms with van der Waals surface area (Å²) in [6, 6.07) is 0.378. The maximum absolute atomic E-state index is 12.3. The Bertz CT molecular complexity index is 513. The van der Waals surface area contributed by atoms with Gasteiger partial charge in [-0.1, -0.05) is 32.1 Å². The van der Waals surface area contributed by atoms with Crippen LogP contribution in [0.25, 0.3) is 0 Å². The minimum atomic E-state index is -0.500. The summed E-state index contributed by atoms with van der Waals surface area (Å²) in [4.78, 5) is 14.4. The van der Waals surface area contributed by atoms with Crippen LogP contribution in [-0.2, 0) is 4.79 Å². The minimum absolute atomic E-state index is 0.168. The van der Waals surface area contributed by atoms with Crippen LogP contribution >= 0.6 is 0 Å². The monoisotopic (exact) mass is 336 g/mol. The molecule has 0 aliphatic carbocycles. The Balaban J connectivity index is 0.000000368. The van der Waals surface area contributed by atoms with Crippen molar-refractivity contribution in [3.05, 3.63) is 23.8 Å². The van der Waals surface area contributed by atoms with Gasteiger partial charge in [0.25, 0.3) is 0 Å². The van der Waals surface area contributed by atoms with E-state index < -0.39 is 5.60 Å². The Morgan fingerprint density at radius 2 is 1.92 bits per heavy atom. The molecule has 0 aromatic rings. The van der Waals surface area contributed by atoms with Crippen molar-refractivity contribution in [3.8, 4) is 0 Å². The van der Waals surface area contributed by atoms with E-state index in [1.807, 2.05) is 6.08 Å². The lowest BCUT2D eigenvalue weighted by molar-refractivity contribution is -0.144. The first-order valence-corrected chi connectivity index (χ1v) is 8.93. The lowest BCUT2D eigenvalue weighted by Gasteiger charge is -2.42. The SMILES string of the molecule is CC(C)(C)O.CC(C)[C@H]1C2=CC3[C@H](CCC(=O)N31)CN(O)C/C=C/2. The molecule has 1 fully saturated rings. The van der Waals surface area contributed by atoms with Gasteiger partial charge in [0.1, 0.15) is 0 Å². The van der Waals surface area contributed by atoms with Gasteiger partial charge in [0, 0.05) is 19.5 Å². The molecule has 3 aliphatic heterocycles. The maximum atomic E-state index is 12.3. The third-order valence-corrected chi connectivity index (χ3v) is 4.53. The molecule has 5 nitrogen and oxygen atoms in total. The van der Waals surface area contributed by atoms with E-state index >= 15 is 0 Å². The Morgan fingerprint density at radius 3 is 2.50 bits per heavy atom. The number of aliphatic hydroxyl groups is 1. The largest absolute Gasteiger partial charge is 0.391 e. The van der Waals surface area contributed by atoms with Crippen LogP contribution in [0.3, 0.4) is 0 Å². The molecule has 136 valence electrons. The molecule has 3 atom stereocenters. The highest BCUT2D eigenvalue weighted by atomic mass is 16.5. The van der Waals surface area contributed by atoms with Crippen molar-refractivity contribution in [3.63, 3.8) is 0 Å². The molecule has 3 heterocycles. The maximum Gasteiger partial charge on any atom is 0.223 e. The van der Waals surface area contributed by atoms with E-state index in [1.165, 1.54) is 10.6 Å². The second-order valence-electron chi connectivity index (χ2n) is 8.39. The number of hydroxylamine groups is 2. The van der Waals surface area contributed by atoms with E-state index in [2.05, 4.69) is 30.9 Å². The normalized spacial score (nSPS) is 31.7. The standard InChI is InChI=1S/C15H22N2O2.C4H10O/c1-10(2)15-11-4-3-7-16(19)9-12-5-6-14(18)17(15)13(12)8-11;1-4(2,3)5/h3-4,8,10,12-13,15,19H,5-7,9H2,1-2H3;5H,1-3H3/b4-3+;/t12-,13?,15+;/m1./s1. The van der Waals surface area contributed by atoms with E-state index in [-0.39, 0.29) is 18.0 Å². The second kappa shape index (κ2) is 7.38. The van der Waals surface area contributed by atoms with Gasteiger partial charge in [-0.15, -0.1) is 0 Å². The summed E-state index contributed by atoms with van der Waals surface area (Å²) in [5.41, 5.74) is 0.746. The molecule has 3 aliphatic rings. The molecule has 1 unspecified atom stereocenters. The topological polar surface area (TPSA) is 64.0 Å². The van der Waals surface area contributed by atoms with Crippen molar-refractivity contribution in [2.45, 2.75) is 65.1 Å². The highest BCUT2D eigenvalue weighted by molar-refractivity contribution is 5.79. The van der Waals surface area contributed by atoms with E-state index in [4.69, 9.17) is 5.11 Å². The summed E-state index contributed by atoms with van der Waals surface area (Å²) < 4.78 is 0. The smallest absolute Gasteiger partial charge is 0.223 e. The second-order valence-corrected chi connectivity index (χ2v) is 8.39. The van der Waals surface area contributed by atoms with Gasteiger partial charge in [-0.2, -0.15) is 5.06 Å². The highest BCUT2D eigenvalue weighted by Crippen LogP contribution is 2.39. The van der Waals surface area contributed by atoms with Gasteiger partial charge in [-0.05, 0) is 44.6 Å². The molecular formula is C19H32N2O3. The fourth-order valence-corrected chi connectivity index (χ4v) is 3.73. The average Bonchev–Trinajstić information content (AvgIpc) is 2.82. The molecule has 3 rings (SSSR count). The Morgan fingerprint density at radius 1 is 1.29 bits per heavy atom. The molecule has 0 saturated carbocycles.